The van der Waals surface area contributed by atoms with Crippen molar-refractivity contribution >= 4 is 28.7 Å². The number of nitrogens with one attached hydrogen (secondary N) is 1. The van der Waals surface area contributed by atoms with E-state index >= 15 is 0 Å². The first-order valence-corrected chi connectivity index (χ1v) is 11.2. The van der Waals surface area contributed by atoms with Gasteiger partial charge in [-0.3, -0.25) is 19.0 Å². The molecule has 10 heteroatoms. The molecule has 0 unspecified atom stereocenters. The summed E-state index contributed by atoms with van der Waals surface area (Å²) in [6, 6.07) is 15.4. The SMILES string of the molecule is CC(C)Cn1cnc2c1c(=O)n(CC(=O)Nc1ccc(C(N)=O)cc1)c(=O)n2Cc1ccccc1. The van der Waals surface area contributed by atoms with Gasteiger partial charge in [-0.1, -0.05) is 44.2 Å². The minimum atomic E-state index is -0.625. The summed E-state index contributed by atoms with van der Waals surface area (Å²) in [4.78, 5) is 55.2. The van der Waals surface area contributed by atoms with Crippen molar-refractivity contribution in [2.24, 2.45) is 11.7 Å². The second-order valence-electron chi connectivity index (χ2n) is 8.70. The summed E-state index contributed by atoms with van der Waals surface area (Å²) in [7, 11) is 0. The maximum Gasteiger partial charge on any atom is 0.333 e. The Morgan fingerprint density at radius 2 is 1.69 bits per heavy atom. The van der Waals surface area contributed by atoms with Crippen LogP contribution in [0.5, 0.6) is 0 Å². The third-order valence-corrected chi connectivity index (χ3v) is 5.48. The number of nitrogens with two attached hydrogens (primary N) is 1. The van der Waals surface area contributed by atoms with Gasteiger partial charge in [0.2, 0.25) is 11.8 Å². The number of rotatable bonds is 8. The standard InChI is InChI=1S/C25H26N6O4/c1-16(2)12-29-15-27-23-21(29)24(34)31(25(35)30(23)13-17-6-4-3-5-7-17)14-20(32)28-19-10-8-18(9-11-19)22(26)33/h3-11,15-16H,12-14H2,1-2H3,(H2,26,33)(H,28,32). The predicted octanol–water partition coefficient (Wildman–Crippen LogP) is 1.80. The van der Waals surface area contributed by atoms with E-state index in [1.807, 2.05) is 44.2 Å². The second-order valence-corrected chi connectivity index (χ2v) is 8.70. The minimum Gasteiger partial charge on any atom is -0.366 e. The fourth-order valence-corrected chi connectivity index (χ4v) is 3.88. The summed E-state index contributed by atoms with van der Waals surface area (Å²) in [5.41, 5.74) is 6.15. The predicted molar refractivity (Wildman–Crippen MR) is 132 cm³/mol. The van der Waals surface area contributed by atoms with Crippen LogP contribution in [0, 0.1) is 5.92 Å². The van der Waals surface area contributed by atoms with E-state index < -0.39 is 29.6 Å². The molecule has 35 heavy (non-hydrogen) atoms. The lowest BCUT2D eigenvalue weighted by Crippen LogP contribution is -2.43. The maximum atomic E-state index is 13.4. The van der Waals surface area contributed by atoms with Gasteiger partial charge in [0.15, 0.2) is 11.2 Å². The van der Waals surface area contributed by atoms with Gasteiger partial charge < -0.3 is 15.6 Å². The highest BCUT2D eigenvalue weighted by molar-refractivity contribution is 5.94. The van der Waals surface area contributed by atoms with Gasteiger partial charge in [-0.2, -0.15) is 0 Å². The van der Waals surface area contributed by atoms with E-state index in [4.69, 9.17) is 5.73 Å². The number of primary amides is 1. The van der Waals surface area contributed by atoms with Crippen molar-refractivity contribution in [3.63, 3.8) is 0 Å². The van der Waals surface area contributed by atoms with Gasteiger partial charge in [-0.25, -0.2) is 14.3 Å². The molecule has 2 amide bonds. The molecule has 0 aliphatic carbocycles. The lowest BCUT2D eigenvalue weighted by molar-refractivity contribution is -0.116. The summed E-state index contributed by atoms with van der Waals surface area (Å²) in [5.74, 6) is -0.905. The van der Waals surface area contributed by atoms with Crippen molar-refractivity contribution in [2.45, 2.75) is 33.5 Å². The van der Waals surface area contributed by atoms with Crippen LogP contribution in [0.4, 0.5) is 5.69 Å². The van der Waals surface area contributed by atoms with Gasteiger partial charge in [0.25, 0.3) is 5.56 Å². The highest BCUT2D eigenvalue weighted by atomic mass is 16.2. The van der Waals surface area contributed by atoms with E-state index in [0.717, 1.165) is 10.1 Å². The fourth-order valence-electron chi connectivity index (χ4n) is 3.88. The molecule has 10 nitrogen and oxygen atoms in total. The number of benzene rings is 2. The number of hydrogen-bond acceptors (Lipinski definition) is 5. The smallest absolute Gasteiger partial charge is 0.333 e. The van der Waals surface area contributed by atoms with E-state index in [0.29, 0.717) is 17.8 Å². The lowest BCUT2D eigenvalue weighted by Gasteiger charge is -2.13. The van der Waals surface area contributed by atoms with Crippen LogP contribution >= 0.6 is 0 Å². The van der Waals surface area contributed by atoms with Crippen LogP contribution in [0.25, 0.3) is 11.2 Å². The topological polar surface area (TPSA) is 134 Å². The summed E-state index contributed by atoms with van der Waals surface area (Å²) in [6.45, 7) is 4.29. The van der Waals surface area contributed by atoms with Crippen LogP contribution in [0.15, 0.2) is 70.5 Å². The molecule has 4 rings (SSSR count). The van der Waals surface area contributed by atoms with E-state index in [1.165, 1.54) is 28.8 Å². The monoisotopic (exact) mass is 474 g/mol. The van der Waals surface area contributed by atoms with Gasteiger partial charge in [0, 0.05) is 17.8 Å². The highest BCUT2D eigenvalue weighted by Gasteiger charge is 2.20. The van der Waals surface area contributed by atoms with Crippen molar-refractivity contribution in [3.8, 4) is 0 Å². The largest absolute Gasteiger partial charge is 0.366 e. The maximum absolute atomic E-state index is 13.4. The van der Waals surface area contributed by atoms with Gasteiger partial charge in [0.1, 0.15) is 6.54 Å². The Morgan fingerprint density at radius 3 is 2.31 bits per heavy atom. The zero-order chi connectivity index (χ0) is 25.1. The van der Waals surface area contributed by atoms with Crippen molar-refractivity contribution in [1.29, 1.82) is 0 Å². The van der Waals surface area contributed by atoms with Gasteiger partial charge in [-0.15, -0.1) is 0 Å². The van der Waals surface area contributed by atoms with Gasteiger partial charge in [0.05, 0.1) is 12.9 Å². The molecule has 2 heterocycles. The Labute approximate surface area is 200 Å². The molecule has 0 radical (unpaired) electrons. The van der Waals surface area contributed by atoms with Gasteiger partial charge in [-0.05, 0) is 35.7 Å². The van der Waals surface area contributed by atoms with Crippen LogP contribution in [0.1, 0.15) is 29.8 Å². The molecule has 2 aromatic heterocycles. The number of fused-ring (bicyclic) bond motifs is 1. The fraction of sp³-hybridized carbons (Fsp3) is 0.240. The van der Waals surface area contributed by atoms with Crippen molar-refractivity contribution in [2.75, 3.05) is 5.32 Å². The molecule has 0 atom stereocenters. The molecule has 180 valence electrons. The van der Waals surface area contributed by atoms with Crippen LogP contribution in [-0.2, 0) is 24.4 Å². The first-order chi connectivity index (χ1) is 16.7. The number of hydrogen-bond donors (Lipinski definition) is 2. The number of carbonyl (C=O) groups excluding carboxylic acids is 2. The minimum absolute atomic E-state index is 0.200. The molecule has 0 fully saturated rings. The van der Waals surface area contributed by atoms with E-state index in [2.05, 4.69) is 10.3 Å². The molecule has 4 aromatic rings. The Kier molecular flexibility index (Phi) is 6.63. The number of nitrogens with zero attached hydrogens (tertiary/aromatic N) is 4. The van der Waals surface area contributed by atoms with Crippen molar-refractivity contribution in [3.05, 3.63) is 92.9 Å². The third kappa shape index (κ3) is 5.06. The molecular formula is C25H26N6O4. The van der Waals surface area contributed by atoms with Crippen molar-refractivity contribution in [1.82, 2.24) is 18.7 Å². The average Bonchev–Trinajstić information content (AvgIpc) is 3.23. The second kappa shape index (κ2) is 9.80. The zero-order valence-corrected chi connectivity index (χ0v) is 19.5. The van der Waals surface area contributed by atoms with Crippen LogP contribution < -0.4 is 22.3 Å². The van der Waals surface area contributed by atoms with E-state index in [9.17, 15) is 19.2 Å². The molecular weight excluding hydrogens is 448 g/mol. The summed E-state index contributed by atoms with van der Waals surface area (Å²) >= 11 is 0. The Hall–Kier alpha value is -4.47. The van der Waals surface area contributed by atoms with Crippen LogP contribution in [-0.4, -0.2) is 30.5 Å². The summed E-state index contributed by atoms with van der Waals surface area (Å²) in [6.07, 6.45) is 1.55. The summed E-state index contributed by atoms with van der Waals surface area (Å²) < 4.78 is 4.06. The quantitative estimate of drug-likeness (QED) is 0.402. The van der Waals surface area contributed by atoms with E-state index in [-0.39, 0.29) is 23.6 Å². The number of carbonyl (C=O) groups is 2. The van der Waals surface area contributed by atoms with Crippen molar-refractivity contribution < 1.29 is 9.59 Å². The highest BCUT2D eigenvalue weighted by Crippen LogP contribution is 2.12. The van der Waals surface area contributed by atoms with Crippen LogP contribution in [0.2, 0.25) is 0 Å². The molecule has 3 N–H and O–H groups in total. The molecule has 0 bridgehead atoms. The molecule has 0 saturated heterocycles. The average molecular weight is 475 g/mol. The van der Waals surface area contributed by atoms with Gasteiger partial charge >= 0.3 is 5.69 Å². The Morgan fingerprint density at radius 1 is 1.00 bits per heavy atom. The molecule has 2 aromatic carbocycles. The molecule has 0 spiro atoms. The third-order valence-electron chi connectivity index (χ3n) is 5.48. The normalized spacial score (nSPS) is 11.2. The van der Waals surface area contributed by atoms with E-state index in [1.54, 1.807) is 10.9 Å². The van der Waals surface area contributed by atoms with Crippen LogP contribution in [0.3, 0.4) is 0 Å². The molecule has 0 aliphatic rings. The number of aromatic nitrogens is 4. The Bertz CT molecular complexity index is 1500. The summed E-state index contributed by atoms with van der Waals surface area (Å²) in [5, 5.41) is 2.65. The number of imidazole rings is 1. The first-order valence-electron chi connectivity index (χ1n) is 11.2. The molecule has 0 aliphatic heterocycles. The molecule has 0 saturated carbocycles. The Balaban J connectivity index is 1.74. The number of anilines is 1. The lowest BCUT2D eigenvalue weighted by atomic mass is 10.2. The number of amides is 2. The zero-order valence-electron chi connectivity index (χ0n) is 19.5. The first kappa shape index (κ1) is 23.7.